The van der Waals surface area contributed by atoms with Crippen LogP contribution in [0.15, 0.2) is 54.1 Å². The zero-order valence-corrected chi connectivity index (χ0v) is 13.1. The number of halogens is 1. The van der Waals surface area contributed by atoms with E-state index in [1.807, 2.05) is 6.07 Å². The molecule has 110 valence electrons. The Hall–Kier alpha value is -1.69. The number of aromatic nitrogens is 1. The number of sulfonamides is 1. The second kappa shape index (κ2) is 6.85. The first kappa shape index (κ1) is 15.7. The fraction of sp³-hybridized carbons (Fsp3) is 0.133. The summed E-state index contributed by atoms with van der Waals surface area (Å²) in [5.74, 6) is 0. The van der Waals surface area contributed by atoms with Crippen LogP contribution in [0.5, 0.6) is 0 Å². The van der Waals surface area contributed by atoms with Gasteiger partial charge in [0, 0.05) is 23.7 Å². The summed E-state index contributed by atoms with van der Waals surface area (Å²) >= 11 is 5.99. The van der Waals surface area contributed by atoms with Gasteiger partial charge >= 0.3 is 0 Å². The standard InChI is InChI=1S/C15H15ClN2O2S/c1-18(12-14-7-4-5-10-17-14)21(19,20)11-9-13-6-2-3-8-15(13)16/h2-11H,12H2,1H3/b11-9-. The zero-order valence-electron chi connectivity index (χ0n) is 11.5. The highest BCUT2D eigenvalue weighted by molar-refractivity contribution is 7.92. The Bertz CT molecular complexity index is 730. The van der Waals surface area contributed by atoms with E-state index in [1.54, 1.807) is 42.6 Å². The highest BCUT2D eigenvalue weighted by Crippen LogP contribution is 2.17. The van der Waals surface area contributed by atoms with E-state index in [1.165, 1.54) is 17.4 Å². The second-order valence-corrected chi connectivity index (χ2v) is 6.78. The van der Waals surface area contributed by atoms with Gasteiger partial charge in [0.15, 0.2) is 0 Å². The van der Waals surface area contributed by atoms with E-state index in [4.69, 9.17) is 11.6 Å². The Balaban J connectivity index is 2.13. The molecule has 6 heteroatoms. The Labute approximate surface area is 129 Å². The summed E-state index contributed by atoms with van der Waals surface area (Å²) in [4.78, 5) is 4.11. The zero-order chi connectivity index (χ0) is 15.3. The van der Waals surface area contributed by atoms with Gasteiger partial charge in [-0.05, 0) is 29.8 Å². The molecule has 0 saturated heterocycles. The van der Waals surface area contributed by atoms with Crippen molar-refractivity contribution >= 4 is 27.7 Å². The number of rotatable bonds is 5. The molecule has 0 radical (unpaired) electrons. The van der Waals surface area contributed by atoms with Crippen molar-refractivity contribution in [1.82, 2.24) is 9.29 Å². The molecule has 0 fully saturated rings. The van der Waals surface area contributed by atoms with Crippen molar-refractivity contribution in [2.24, 2.45) is 0 Å². The van der Waals surface area contributed by atoms with Crippen LogP contribution in [0.25, 0.3) is 6.08 Å². The van der Waals surface area contributed by atoms with Crippen LogP contribution in [0, 0.1) is 0 Å². The maximum atomic E-state index is 12.2. The summed E-state index contributed by atoms with van der Waals surface area (Å²) in [6, 6.07) is 12.5. The van der Waals surface area contributed by atoms with Crippen molar-refractivity contribution in [2.45, 2.75) is 6.54 Å². The molecule has 0 aliphatic rings. The summed E-state index contributed by atoms with van der Waals surface area (Å²) < 4.78 is 25.6. The molecule has 0 aliphatic heterocycles. The minimum Gasteiger partial charge on any atom is -0.260 e. The molecular weight excluding hydrogens is 308 g/mol. The minimum absolute atomic E-state index is 0.218. The Kier molecular flexibility index (Phi) is 5.12. The highest BCUT2D eigenvalue weighted by atomic mass is 35.5. The number of hydrogen-bond acceptors (Lipinski definition) is 3. The first-order valence-corrected chi connectivity index (χ1v) is 8.16. The molecule has 0 N–H and O–H groups in total. The van der Waals surface area contributed by atoms with Gasteiger partial charge < -0.3 is 0 Å². The molecule has 1 aromatic heterocycles. The van der Waals surface area contributed by atoms with Gasteiger partial charge in [-0.1, -0.05) is 35.9 Å². The van der Waals surface area contributed by atoms with Gasteiger partial charge in [-0.2, -0.15) is 4.31 Å². The molecule has 4 nitrogen and oxygen atoms in total. The van der Waals surface area contributed by atoms with Crippen LogP contribution < -0.4 is 0 Å². The first-order chi connectivity index (χ1) is 9.99. The molecule has 0 spiro atoms. The monoisotopic (exact) mass is 322 g/mol. The van der Waals surface area contributed by atoms with Crippen LogP contribution in [0.2, 0.25) is 5.02 Å². The van der Waals surface area contributed by atoms with Gasteiger partial charge in [-0.3, -0.25) is 4.98 Å². The fourth-order valence-corrected chi connectivity index (χ4v) is 2.72. The van der Waals surface area contributed by atoms with Gasteiger partial charge in [0.05, 0.1) is 12.2 Å². The maximum absolute atomic E-state index is 12.2. The average molecular weight is 323 g/mol. The summed E-state index contributed by atoms with van der Waals surface area (Å²) in [6.45, 7) is 0.218. The van der Waals surface area contributed by atoms with Gasteiger partial charge in [0.2, 0.25) is 10.0 Å². The number of hydrogen-bond donors (Lipinski definition) is 0. The molecule has 0 atom stereocenters. The van der Waals surface area contributed by atoms with Crippen LogP contribution in [0.1, 0.15) is 11.3 Å². The van der Waals surface area contributed by atoms with Crippen LogP contribution >= 0.6 is 11.6 Å². The Morgan fingerprint density at radius 2 is 1.90 bits per heavy atom. The summed E-state index contributed by atoms with van der Waals surface area (Å²) in [7, 11) is -2.00. The van der Waals surface area contributed by atoms with E-state index in [0.717, 1.165) is 5.41 Å². The van der Waals surface area contributed by atoms with E-state index in [-0.39, 0.29) is 6.54 Å². The summed E-state index contributed by atoms with van der Waals surface area (Å²) in [5, 5.41) is 1.66. The van der Waals surface area contributed by atoms with Gasteiger partial charge in [0.1, 0.15) is 0 Å². The molecule has 2 aromatic rings. The minimum atomic E-state index is -3.52. The van der Waals surface area contributed by atoms with Gasteiger partial charge in [-0.15, -0.1) is 0 Å². The van der Waals surface area contributed by atoms with E-state index in [9.17, 15) is 8.42 Å². The molecule has 1 heterocycles. The molecular formula is C15H15ClN2O2S. The van der Waals surface area contributed by atoms with Crippen molar-refractivity contribution in [2.75, 3.05) is 7.05 Å². The van der Waals surface area contributed by atoms with E-state index in [2.05, 4.69) is 4.98 Å². The lowest BCUT2D eigenvalue weighted by molar-refractivity contribution is 0.470. The fourth-order valence-electron chi connectivity index (χ4n) is 1.68. The third-order valence-electron chi connectivity index (χ3n) is 2.87. The topological polar surface area (TPSA) is 50.3 Å². The molecule has 2 rings (SSSR count). The van der Waals surface area contributed by atoms with Crippen molar-refractivity contribution < 1.29 is 8.42 Å². The van der Waals surface area contributed by atoms with Crippen molar-refractivity contribution in [1.29, 1.82) is 0 Å². The lowest BCUT2D eigenvalue weighted by Gasteiger charge is -2.13. The van der Waals surface area contributed by atoms with E-state index < -0.39 is 10.0 Å². The van der Waals surface area contributed by atoms with Crippen LogP contribution in [0.3, 0.4) is 0 Å². The van der Waals surface area contributed by atoms with Gasteiger partial charge in [0.25, 0.3) is 0 Å². The molecule has 0 aliphatic carbocycles. The lowest BCUT2D eigenvalue weighted by Crippen LogP contribution is -2.24. The van der Waals surface area contributed by atoms with Gasteiger partial charge in [-0.25, -0.2) is 8.42 Å². The second-order valence-electron chi connectivity index (χ2n) is 4.45. The van der Waals surface area contributed by atoms with Crippen molar-refractivity contribution in [3.63, 3.8) is 0 Å². The first-order valence-electron chi connectivity index (χ1n) is 6.28. The highest BCUT2D eigenvalue weighted by Gasteiger charge is 2.15. The number of nitrogens with zero attached hydrogens (tertiary/aromatic N) is 2. The van der Waals surface area contributed by atoms with Crippen molar-refractivity contribution in [3.05, 3.63) is 70.3 Å². The predicted molar refractivity (Wildman–Crippen MR) is 85.1 cm³/mol. The molecule has 0 saturated carbocycles. The molecule has 0 bridgehead atoms. The van der Waals surface area contributed by atoms with Crippen LogP contribution in [-0.4, -0.2) is 24.8 Å². The molecule has 0 amide bonds. The Morgan fingerprint density at radius 1 is 1.19 bits per heavy atom. The largest absolute Gasteiger partial charge is 0.260 e. The quantitative estimate of drug-likeness (QED) is 0.849. The third kappa shape index (κ3) is 4.39. The smallest absolute Gasteiger partial charge is 0.236 e. The number of benzene rings is 1. The average Bonchev–Trinajstić information content (AvgIpc) is 2.47. The Morgan fingerprint density at radius 3 is 2.57 bits per heavy atom. The van der Waals surface area contributed by atoms with Crippen molar-refractivity contribution in [3.8, 4) is 0 Å². The number of pyridine rings is 1. The molecule has 1 aromatic carbocycles. The third-order valence-corrected chi connectivity index (χ3v) is 4.69. The predicted octanol–water partition coefficient (Wildman–Crippen LogP) is 3.17. The lowest BCUT2D eigenvalue weighted by atomic mass is 10.2. The maximum Gasteiger partial charge on any atom is 0.236 e. The normalized spacial score (nSPS) is 12.1. The van der Waals surface area contributed by atoms with E-state index in [0.29, 0.717) is 16.3 Å². The SMILES string of the molecule is CN(Cc1ccccn1)S(=O)(=O)/C=C\c1ccccc1Cl. The van der Waals surface area contributed by atoms with Crippen LogP contribution in [-0.2, 0) is 16.6 Å². The summed E-state index contributed by atoms with van der Waals surface area (Å²) in [6.07, 6.45) is 3.13. The molecule has 21 heavy (non-hydrogen) atoms. The van der Waals surface area contributed by atoms with Crippen LogP contribution in [0.4, 0.5) is 0 Å². The van der Waals surface area contributed by atoms with E-state index >= 15 is 0 Å². The summed E-state index contributed by atoms with van der Waals surface area (Å²) in [5.41, 5.74) is 1.35. The molecule has 0 unspecified atom stereocenters.